The van der Waals surface area contributed by atoms with Crippen LogP contribution in [0.1, 0.15) is 32.6 Å². The van der Waals surface area contributed by atoms with Gasteiger partial charge in [0.25, 0.3) is 0 Å². The predicted molar refractivity (Wildman–Crippen MR) is 99.5 cm³/mol. The van der Waals surface area contributed by atoms with Crippen molar-refractivity contribution in [1.82, 2.24) is 16.0 Å². The van der Waals surface area contributed by atoms with Crippen LogP contribution in [0, 0.1) is 0 Å². The van der Waals surface area contributed by atoms with Gasteiger partial charge in [0, 0.05) is 12.8 Å². The van der Waals surface area contributed by atoms with Crippen molar-refractivity contribution in [2.75, 3.05) is 6.54 Å². The number of aliphatic hydroxyl groups is 1. The van der Waals surface area contributed by atoms with Gasteiger partial charge in [-0.1, -0.05) is 0 Å². The van der Waals surface area contributed by atoms with Gasteiger partial charge in [0.2, 0.25) is 23.6 Å². The largest absolute Gasteiger partial charge is 0.481 e. The summed E-state index contributed by atoms with van der Waals surface area (Å²) in [5.74, 6) is -6.10. The van der Waals surface area contributed by atoms with E-state index in [2.05, 4.69) is 10.6 Å². The predicted octanol–water partition coefficient (Wildman–Crippen LogP) is -4.00. The molecule has 0 spiro atoms. The van der Waals surface area contributed by atoms with Crippen molar-refractivity contribution >= 4 is 35.6 Å². The highest BCUT2D eigenvalue weighted by molar-refractivity contribution is 5.93. The number of nitrogens with one attached hydrogen (secondary N) is 3. The average Bonchev–Trinajstić information content (AvgIpc) is 2.64. The van der Waals surface area contributed by atoms with E-state index in [-0.39, 0.29) is 19.3 Å². The molecule has 0 heterocycles. The fraction of sp³-hybridized carbons (Fsp3) is 0.625. The fourth-order valence-electron chi connectivity index (χ4n) is 2.15. The van der Waals surface area contributed by atoms with Gasteiger partial charge >= 0.3 is 11.9 Å². The summed E-state index contributed by atoms with van der Waals surface area (Å²) in [6.45, 7) is 0.514. The van der Waals surface area contributed by atoms with Gasteiger partial charge in [-0.2, -0.15) is 0 Å². The third-order valence-corrected chi connectivity index (χ3v) is 3.81. The summed E-state index contributed by atoms with van der Waals surface area (Å²) < 4.78 is 0. The second-order valence-corrected chi connectivity index (χ2v) is 6.45. The smallest absolute Gasteiger partial charge is 0.328 e. The van der Waals surface area contributed by atoms with Crippen molar-refractivity contribution < 1.29 is 44.1 Å². The van der Waals surface area contributed by atoms with Gasteiger partial charge in [-0.15, -0.1) is 0 Å². The van der Waals surface area contributed by atoms with Gasteiger partial charge in [0.15, 0.2) is 6.04 Å². The molecule has 0 aliphatic carbocycles. The number of carboxylic acid groups (broad SMARTS) is 2. The van der Waals surface area contributed by atoms with E-state index in [9.17, 15) is 33.9 Å². The average molecular weight is 433 g/mol. The summed E-state index contributed by atoms with van der Waals surface area (Å²) in [5, 5.41) is 33.6. The van der Waals surface area contributed by atoms with Crippen LogP contribution in [0.25, 0.3) is 0 Å². The molecule has 0 aliphatic heterocycles. The molecule has 0 aliphatic rings. The number of rotatable bonds is 14. The number of carbonyl (C=O) groups excluding carboxylic acids is 4. The lowest BCUT2D eigenvalue weighted by Crippen LogP contribution is -2.56. The number of carbonyl (C=O) groups is 6. The Hall–Kier alpha value is -3.26. The molecule has 0 fully saturated rings. The number of aliphatic carboxylic acids is 2. The summed E-state index contributed by atoms with van der Waals surface area (Å²) in [6.07, 6.45) is -2.52. The number of hydrogen-bond donors (Lipinski definition) is 8. The van der Waals surface area contributed by atoms with Crippen LogP contribution < -0.4 is 27.4 Å². The molecular formula is C16H27N5O9. The quantitative estimate of drug-likeness (QED) is 0.132. The molecule has 14 heteroatoms. The SMILES string of the molecule is CC(O)C(NC(=O)C(CCC(=O)O)NC(=O)CNC(=O)C(N)CCC(N)=O)C(=O)O. The number of carboxylic acids is 2. The maximum Gasteiger partial charge on any atom is 0.328 e. The number of aliphatic hydroxyl groups excluding tert-OH is 1. The fourth-order valence-corrected chi connectivity index (χ4v) is 2.15. The Morgan fingerprint density at radius 1 is 0.933 bits per heavy atom. The van der Waals surface area contributed by atoms with E-state index in [0.29, 0.717) is 0 Å². The molecule has 4 unspecified atom stereocenters. The van der Waals surface area contributed by atoms with Crippen LogP contribution >= 0.6 is 0 Å². The molecule has 0 saturated carbocycles. The monoisotopic (exact) mass is 433 g/mol. The Bertz CT molecular complexity index is 667. The van der Waals surface area contributed by atoms with E-state index in [1.54, 1.807) is 0 Å². The lowest BCUT2D eigenvalue weighted by Gasteiger charge is -2.22. The van der Waals surface area contributed by atoms with Crippen molar-refractivity contribution in [2.45, 2.75) is 56.8 Å². The second kappa shape index (κ2) is 13.1. The van der Waals surface area contributed by atoms with Gasteiger partial charge in [-0.3, -0.25) is 24.0 Å². The van der Waals surface area contributed by atoms with Crippen LogP contribution in [0.5, 0.6) is 0 Å². The maximum atomic E-state index is 12.3. The van der Waals surface area contributed by atoms with Crippen LogP contribution in [0.3, 0.4) is 0 Å². The second-order valence-electron chi connectivity index (χ2n) is 6.45. The maximum absolute atomic E-state index is 12.3. The van der Waals surface area contributed by atoms with Crippen LogP contribution in [-0.4, -0.2) is 81.7 Å². The van der Waals surface area contributed by atoms with Gasteiger partial charge < -0.3 is 42.7 Å². The first-order valence-corrected chi connectivity index (χ1v) is 8.89. The molecule has 14 nitrogen and oxygen atoms in total. The first-order valence-electron chi connectivity index (χ1n) is 8.89. The Morgan fingerprint density at radius 3 is 2.00 bits per heavy atom. The molecule has 4 atom stereocenters. The number of primary amides is 1. The molecular weight excluding hydrogens is 406 g/mol. The lowest BCUT2D eigenvalue weighted by atomic mass is 10.1. The zero-order valence-electron chi connectivity index (χ0n) is 16.3. The van der Waals surface area contributed by atoms with E-state index < -0.39 is 72.8 Å². The van der Waals surface area contributed by atoms with E-state index in [0.717, 1.165) is 6.92 Å². The summed E-state index contributed by atoms with van der Waals surface area (Å²) in [4.78, 5) is 68.6. The van der Waals surface area contributed by atoms with Crippen molar-refractivity contribution in [3.8, 4) is 0 Å². The molecule has 170 valence electrons. The molecule has 0 saturated heterocycles. The molecule has 0 rings (SSSR count). The van der Waals surface area contributed by atoms with Gasteiger partial charge in [0.1, 0.15) is 6.04 Å². The van der Waals surface area contributed by atoms with Gasteiger partial charge in [-0.05, 0) is 19.8 Å². The van der Waals surface area contributed by atoms with E-state index >= 15 is 0 Å². The molecule has 0 aromatic rings. The minimum absolute atomic E-state index is 0.0393. The first-order chi connectivity index (χ1) is 13.8. The number of nitrogens with two attached hydrogens (primary N) is 2. The van der Waals surface area contributed by atoms with Crippen LogP contribution in [0.15, 0.2) is 0 Å². The number of amides is 4. The molecule has 0 radical (unpaired) electrons. The van der Waals surface area contributed by atoms with Crippen molar-refractivity contribution in [3.05, 3.63) is 0 Å². The third kappa shape index (κ3) is 10.9. The van der Waals surface area contributed by atoms with E-state index in [1.807, 2.05) is 5.32 Å². The van der Waals surface area contributed by atoms with Crippen LogP contribution in [0.4, 0.5) is 0 Å². The van der Waals surface area contributed by atoms with Crippen LogP contribution in [0.2, 0.25) is 0 Å². The minimum Gasteiger partial charge on any atom is -0.481 e. The Morgan fingerprint density at radius 2 is 1.53 bits per heavy atom. The third-order valence-electron chi connectivity index (χ3n) is 3.81. The highest BCUT2D eigenvalue weighted by atomic mass is 16.4. The van der Waals surface area contributed by atoms with Crippen molar-refractivity contribution in [3.63, 3.8) is 0 Å². The van der Waals surface area contributed by atoms with Crippen LogP contribution in [-0.2, 0) is 28.8 Å². The summed E-state index contributed by atoms with van der Waals surface area (Å²) in [6, 6.07) is -4.21. The molecule has 0 bridgehead atoms. The highest BCUT2D eigenvalue weighted by Gasteiger charge is 2.29. The lowest BCUT2D eigenvalue weighted by molar-refractivity contribution is -0.145. The molecule has 0 aromatic heterocycles. The molecule has 4 amide bonds. The molecule has 30 heavy (non-hydrogen) atoms. The molecule has 0 aromatic carbocycles. The highest BCUT2D eigenvalue weighted by Crippen LogP contribution is 2.01. The molecule has 10 N–H and O–H groups in total. The summed E-state index contributed by atoms with van der Waals surface area (Å²) in [7, 11) is 0. The van der Waals surface area contributed by atoms with E-state index in [4.69, 9.17) is 21.7 Å². The summed E-state index contributed by atoms with van der Waals surface area (Å²) in [5.41, 5.74) is 10.5. The number of hydrogen-bond acceptors (Lipinski definition) is 8. The standard InChI is InChI=1S/C16H27N5O9/c1-7(22)13(16(29)30)21-15(28)9(3-5-12(25)26)20-11(24)6-19-14(27)8(17)2-4-10(18)23/h7-9,13,22H,2-6,17H2,1H3,(H2,18,23)(H,19,27)(H,20,24)(H,21,28)(H,25,26)(H,29,30). The Balaban J connectivity index is 4.90. The normalized spacial score (nSPS) is 14.5. The van der Waals surface area contributed by atoms with Gasteiger partial charge in [-0.25, -0.2) is 4.79 Å². The van der Waals surface area contributed by atoms with Crippen molar-refractivity contribution in [1.29, 1.82) is 0 Å². The van der Waals surface area contributed by atoms with E-state index in [1.165, 1.54) is 0 Å². The van der Waals surface area contributed by atoms with Crippen molar-refractivity contribution in [2.24, 2.45) is 11.5 Å². The van der Waals surface area contributed by atoms with Gasteiger partial charge in [0.05, 0.1) is 18.7 Å². The Labute approximate surface area is 171 Å². The topological polar surface area (TPSA) is 251 Å². The Kier molecular flexibility index (Phi) is 11.6. The summed E-state index contributed by atoms with van der Waals surface area (Å²) >= 11 is 0. The zero-order valence-corrected chi connectivity index (χ0v) is 16.3. The zero-order chi connectivity index (χ0) is 23.4. The first kappa shape index (κ1) is 26.7. The minimum atomic E-state index is -1.68.